The van der Waals surface area contributed by atoms with Gasteiger partial charge in [0.05, 0.1) is 27.1 Å². The fourth-order valence-corrected chi connectivity index (χ4v) is 3.86. The number of hydrogen-bond donors (Lipinski definition) is 2. The summed E-state index contributed by atoms with van der Waals surface area (Å²) in [4.78, 5) is 18.8. The van der Waals surface area contributed by atoms with E-state index in [1.54, 1.807) is 10.6 Å². The van der Waals surface area contributed by atoms with Crippen LogP contribution in [-0.4, -0.2) is 23.7 Å². The first-order valence-corrected chi connectivity index (χ1v) is 9.64. The van der Waals surface area contributed by atoms with Gasteiger partial charge in [-0.1, -0.05) is 23.2 Å². The van der Waals surface area contributed by atoms with Crippen LogP contribution in [0.5, 0.6) is 0 Å². The molecule has 7 nitrogen and oxygen atoms in total. The van der Waals surface area contributed by atoms with E-state index in [0.717, 1.165) is 4.96 Å². The summed E-state index contributed by atoms with van der Waals surface area (Å²) in [7, 11) is -3.95. The van der Waals surface area contributed by atoms with E-state index in [0.29, 0.717) is 5.69 Å². The number of hydrazine groups is 1. The molecule has 0 aliphatic rings. The zero-order valence-corrected chi connectivity index (χ0v) is 15.0. The van der Waals surface area contributed by atoms with Crippen molar-refractivity contribution in [3.05, 3.63) is 51.7 Å². The number of benzene rings is 1. The minimum atomic E-state index is -3.95. The molecule has 2 N–H and O–H groups in total. The summed E-state index contributed by atoms with van der Waals surface area (Å²) in [6.45, 7) is 0. The number of amides is 1. The van der Waals surface area contributed by atoms with E-state index in [2.05, 4.69) is 10.4 Å². The lowest BCUT2D eigenvalue weighted by molar-refractivity contribution is -0.120. The third-order valence-corrected chi connectivity index (χ3v) is 5.77. The average Bonchev–Trinajstić information content (AvgIpc) is 3.09. The molecule has 1 amide bonds. The number of aromatic nitrogens is 2. The highest BCUT2D eigenvalue weighted by molar-refractivity contribution is 7.89. The summed E-state index contributed by atoms with van der Waals surface area (Å²) in [5, 5.41) is 2.21. The number of halogens is 2. The molecule has 11 heteroatoms. The van der Waals surface area contributed by atoms with E-state index in [9.17, 15) is 13.2 Å². The molecule has 2 aromatic heterocycles. The SMILES string of the molecule is O=C(Cc1cn2ccsc2n1)NNS(=O)(=O)c1ccc(Cl)c(Cl)c1. The van der Waals surface area contributed by atoms with Crippen LogP contribution in [0.15, 0.2) is 40.9 Å². The summed E-state index contributed by atoms with van der Waals surface area (Å²) in [6, 6.07) is 3.84. The topological polar surface area (TPSA) is 92.6 Å². The molecule has 0 atom stereocenters. The van der Waals surface area contributed by atoms with Gasteiger partial charge in [-0.25, -0.2) is 13.4 Å². The lowest BCUT2D eigenvalue weighted by Gasteiger charge is -2.08. The van der Waals surface area contributed by atoms with E-state index in [4.69, 9.17) is 23.2 Å². The normalized spacial score (nSPS) is 11.8. The second kappa shape index (κ2) is 6.69. The Balaban J connectivity index is 1.64. The predicted octanol–water partition coefficient (Wildman–Crippen LogP) is 2.25. The van der Waals surface area contributed by atoms with Crippen LogP contribution >= 0.6 is 34.5 Å². The van der Waals surface area contributed by atoms with Gasteiger partial charge in [0.15, 0.2) is 4.96 Å². The van der Waals surface area contributed by atoms with E-state index in [1.807, 2.05) is 16.4 Å². The number of carbonyl (C=O) groups is 1. The standard InChI is InChI=1S/C13H10Cl2N4O3S2/c14-10-2-1-9(6-11(10)15)24(21,22)18-17-12(20)5-8-7-19-3-4-23-13(19)16-8/h1-4,6-7,18H,5H2,(H,17,20). The fourth-order valence-electron chi connectivity index (χ4n) is 1.90. The van der Waals surface area contributed by atoms with Crippen LogP contribution in [0.25, 0.3) is 4.96 Å². The second-order valence-electron chi connectivity index (χ2n) is 4.73. The number of carbonyl (C=O) groups excluding carboxylic acids is 1. The van der Waals surface area contributed by atoms with E-state index >= 15 is 0 Å². The Morgan fingerprint density at radius 1 is 1.29 bits per heavy atom. The summed E-state index contributed by atoms with van der Waals surface area (Å²) in [6.07, 6.45) is 3.47. The molecule has 0 unspecified atom stereocenters. The van der Waals surface area contributed by atoms with Crippen molar-refractivity contribution in [2.75, 3.05) is 0 Å². The number of fused-ring (bicyclic) bond motifs is 1. The van der Waals surface area contributed by atoms with Crippen LogP contribution in [-0.2, 0) is 21.2 Å². The number of hydrogen-bond acceptors (Lipinski definition) is 5. The van der Waals surface area contributed by atoms with Gasteiger partial charge in [-0.2, -0.15) is 0 Å². The quantitative estimate of drug-likeness (QED) is 0.637. The second-order valence-corrected chi connectivity index (χ2v) is 8.10. The van der Waals surface area contributed by atoms with Crippen LogP contribution in [0.3, 0.4) is 0 Å². The maximum atomic E-state index is 12.1. The van der Waals surface area contributed by atoms with Gasteiger partial charge < -0.3 is 0 Å². The Morgan fingerprint density at radius 3 is 2.79 bits per heavy atom. The van der Waals surface area contributed by atoms with Gasteiger partial charge in [0.25, 0.3) is 10.0 Å². The molecule has 3 aromatic rings. The first-order valence-electron chi connectivity index (χ1n) is 6.52. The van der Waals surface area contributed by atoms with Crippen molar-refractivity contribution < 1.29 is 13.2 Å². The van der Waals surface area contributed by atoms with Crippen molar-refractivity contribution in [1.82, 2.24) is 19.6 Å². The fraction of sp³-hybridized carbons (Fsp3) is 0.0769. The van der Waals surface area contributed by atoms with Gasteiger partial charge in [0, 0.05) is 17.8 Å². The smallest absolute Gasteiger partial charge is 0.257 e. The molecule has 0 saturated heterocycles. The van der Waals surface area contributed by atoms with Crippen molar-refractivity contribution in [1.29, 1.82) is 0 Å². The largest absolute Gasteiger partial charge is 0.297 e. The van der Waals surface area contributed by atoms with Gasteiger partial charge in [0.2, 0.25) is 5.91 Å². The van der Waals surface area contributed by atoms with Crippen molar-refractivity contribution in [3.8, 4) is 0 Å². The van der Waals surface area contributed by atoms with Crippen LogP contribution in [0.1, 0.15) is 5.69 Å². The molecule has 0 bridgehead atoms. The van der Waals surface area contributed by atoms with Crippen LogP contribution in [0, 0.1) is 0 Å². The highest BCUT2D eigenvalue weighted by Gasteiger charge is 2.17. The number of nitrogens with zero attached hydrogens (tertiary/aromatic N) is 2. The molecular weight excluding hydrogens is 395 g/mol. The van der Waals surface area contributed by atoms with Crippen LogP contribution in [0.2, 0.25) is 10.0 Å². The molecule has 0 aliphatic heterocycles. The molecule has 126 valence electrons. The van der Waals surface area contributed by atoms with Gasteiger partial charge in [-0.05, 0) is 18.2 Å². The summed E-state index contributed by atoms with van der Waals surface area (Å²) in [5.74, 6) is -0.538. The number of rotatable bonds is 5. The highest BCUT2D eigenvalue weighted by Crippen LogP contribution is 2.24. The number of thiazole rings is 1. The first-order chi connectivity index (χ1) is 11.3. The third kappa shape index (κ3) is 3.70. The summed E-state index contributed by atoms with van der Waals surface area (Å²) < 4.78 is 26.0. The number of nitrogens with one attached hydrogen (secondary N) is 2. The molecule has 0 aliphatic carbocycles. The Hall–Kier alpha value is -1.65. The Labute approximate surface area is 151 Å². The molecular formula is C13H10Cl2N4O3S2. The van der Waals surface area contributed by atoms with Gasteiger partial charge >= 0.3 is 0 Å². The van der Waals surface area contributed by atoms with E-state index in [1.165, 1.54) is 29.5 Å². The maximum Gasteiger partial charge on any atom is 0.257 e. The molecule has 0 spiro atoms. The number of imidazole rings is 1. The minimum absolute atomic E-state index is 0.0572. The van der Waals surface area contributed by atoms with Gasteiger partial charge in [-0.3, -0.25) is 14.6 Å². The van der Waals surface area contributed by atoms with Crippen molar-refractivity contribution >= 4 is 55.4 Å². The summed E-state index contributed by atoms with van der Waals surface area (Å²) >= 11 is 13.0. The predicted molar refractivity (Wildman–Crippen MR) is 91.7 cm³/mol. The third-order valence-electron chi connectivity index (χ3n) is 3.01. The van der Waals surface area contributed by atoms with E-state index in [-0.39, 0.29) is 21.4 Å². The first kappa shape index (κ1) is 17.2. The molecule has 1 aromatic carbocycles. The van der Waals surface area contributed by atoms with Crippen molar-refractivity contribution in [3.63, 3.8) is 0 Å². The molecule has 0 fully saturated rings. The molecule has 3 rings (SSSR count). The molecule has 0 saturated carbocycles. The Bertz CT molecular complexity index is 985. The molecule has 0 radical (unpaired) electrons. The molecule has 2 heterocycles. The maximum absolute atomic E-state index is 12.1. The zero-order chi connectivity index (χ0) is 17.3. The Morgan fingerprint density at radius 2 is 2.08 bits per heavy atom. The minimum Gasteiger partial charge on any atom is -0.297 e. The van der Waals surface area contributed by atoms with Crippen molar-refractivity contribution in [2.24, 2.45) is 0 Å². The van der Waals surface area contributed by atoms with E-state index < -0.39 is 15.9 Å². The van der Waals surface area contributed by atoms with Crippen LogP contribution in [0.4, 0.5) is 0 Å². The van der Waals surface area contributed by atoms with Gasteiger partial charge in [0.1, 0.15) is 0 Å². The summed E-state index contributed by atoms with van der Waals surface area (Å²) in [5.41, 5.74) is 2.68. The number of sulfonamides is 1. The molecule has 24 heavy (non-hydrogen) atoms. The zero-order valence-electron chi connectivity index (χ0n) is 11.9. The average molecular weight is 405 g/mol. The van der Waals surface area contributed by atoms with Gasteiger partial charge in [-0.15, -0.1) is 16.2 Å². The monoisotopic (exact) mass is 404 g/mol. The highest BCUT2D eigenvalue weighted by atomic mass is 35.5. The van der Waals surface area contributed by atoms with Crippen molar-refractivity contribution in [2.45, 2.75) is 11.3 Å². The Kier molecular flexibility index (Phi) is 4.79. The lowest BCUT2D eigenvalue weighted by atomic mass is 10.3. The lowest BCUT2D eigenvalue weighted by Crippen LogP contribution is -2.42. The van der Waals surface area contributed by atoms with Crippen LogP contribution < -0.4 is 10.3 Å².